The van der Waals surface area contributed by atoms with Crippen molar-refractivity contribution in [2.45, 2.75) is 19.4 Å². The maximum absolute atomic E-state index is 6.18. The van der Waals surface area contributed by atoms with Gasteiger partial charge in [-0.2, -0.15) is 0 Å². The van der Waals surface area contributed by atoms with Crippen LogP contribution >= 0.6 is 11.6 Å². The number of halogens is 1. The zero-order valence-corrected chi connectivity index (χ0v) is 15.5. The minimum atomic E-state index is 0.718. The van der Waals surface area contributed by atoms with Crippen molar-refractivity contribution >= 4 is 33.4 Å². The first-order valence-electron chi connectivity index (χ1n) is 8.86. The van der Waals surface area contributed by atoms with Gasteiger partial charge in [-0.3, -0.25) is 0 Å². The smallest absolute Gasteiger partial charge is 0.114 e. The Balaban J connectivity index is 1.78. The molecule has 0 spiro atoms. The number of imidazole rings is 1. The predicted octanol–water partition coefficient (Wildman–Crippen LogP) is 5.47. The summed E-state index contributed by atoms with van der Waals surface area (Å²) in [6.07, 6.45) is 1.74. The lowest BCUT2D eigenvalue weighted by Crippen LogP contribution is -2.07. The molecule has 4 aromatic rings. The molecule has 0 saturated heterocycles. The number of fused-ring (bicyclic) bond motifs is 2. The summed E-state index contributed by atoms with van der Waals surface area (Å²) in [5.41, 5.74) is 3.36. The van der Waals surface area contributed by atoms with E-state index < -0.39 is 0 Å². The van der Waals surface area contributed by atoms with E-state index in [0.29, 0.717) is 0 Å². The van der Waals surface area contributed by atoms with E-state index in [1.807, 2.05) is 12.1 Å². The molecule has 0 unspecified atom stereocenters. The fourth-order valence-electron chi connectivity index (χ4n) is 3.52. The molecule has 4 rings (SSSR count). The lowest BCUT2D eigenvalue weighted by Gasteiger charge is -2.11. The fourth-order valence-corrected chi connectivity index (χ4v) is 3.69. The first kappa shape index (κ1) is 17.1. The standard InChI is InChI=1S/C22H21ClN2O/c1-26-13-5-12-25-21-11-10-18(23)15-20(21)24-22(25)14-17-8-4-7-16-6-2-3-9-19(16)17/h2-4,6-11,15H,5,12-14H2,1H3. The molecule has 0 fully saturated rings. The topological polar surface area (TPSA) is 27.1 Å². The van der Waals surface area contributed by atoms with Crippen LogP contribution in [0, 0.1) is 0 Å². The van der Waals surface area contributed by atoms with Gasteiger partial charge in [0.1, 0.15) is 5.82 Å². The van der Waals surface area contributed by atoms with Gasteiger partial charge < -0.3 is 9.30 Å². The van der Waals surface area contributed by atoms with E-state index >= 15 is 0 Å². The van der Waals surface area contributed by atoms with Crippen LogP contribution in [0.15, 0.2) is 60.7 Å². The van der Waals surface area contributed by atoms with Crippen molar-refractivity contribution in [2.24, 2.45) is 0 Å². The Morgan fingerprint density at radius 2 is 1.88 bits per heavy atom. The molecule has 0 aliphatic carbocycles. The quantitative estimate of drug-likeness (QED) is 0.424. The van der Waals surface area contributed by atoms with E-state index in [9.17, 15) is 0 Å². The van der Waals surface area contributed by atoms with Gasteiger partial charge in [0.25, 0.3) is 0 Å². The number of nitrogens with zero attached hydrogens (tertiary/aromatic N) is 2. The van der Waals surface area contributed by atoms with Crippen LogP contribution in [-0.2, 0) is 17.7 Å². The minimum Gasteiger partial charge on any atom is -0.385 e. The average Bonchev–Trinajstić information content (AvgIpc) is 2.98. The van der Waals surface area contributed by atoms with E-state index in [2.05, 4.69) is 53.1 Å². The summed E-state index contributed by atoms with van der Waals surface area (Å²) in [5, 5.41) is 3.26. The molecule has 0 aliphatic rings. The molecule has 0 atom stereocenters. The monoisotopic (exact) mass is 364 g/mol. The highest BCUT2D eigenvalue weighted by Crippen LogP contribution is 2.25. The van der Waals surface area contributed by atoms with Gasteiger partial charge in [0.15, 0.2) is 0 Å². The zero-order valence-electron chi connectivity index (χ0n) is 14.8. The van der Waals surface area contributed by atoms with Crippen molar-refractivity contribution in [3.05, 3.63) is 77.1 Å². The molecule has 4 heteroatoms. The first-order valence-corrected chi connectivity index (χ1v) is 9.24. The molecule has 3 nitrogen and oxygen atoms in total. The number of rotatable bonds is 6. The molecule has 0 N–H and O–H groups in total. The second-order valence-electron chi connectivity index (χ2n) is 6.47. The van der Waals surface area contributed by atoms with Crippen molar-refractivity contribution in [2.75, 3.05) is 13.7 Å². The Morgan fingerprint density at radius 1 is 1.04 bits per heavy atom. The van der Waals surface area contributed by atoms with Gasteiger partial charge in [0.2, 0.25) is 0 Å². The molecule has 132 valence electrons. The van der Waals surface area contributed by atoms with Gasteiger partial charge >= 0.3 is 0 Å². The SMILES string of the molecule is COCCCn1c(Cc2cccc3ccccc23)nc2cc(Cl)ccc21. The number of aromatic nitrogens is 2. The number of hydrogen-bond donors (Lipinski definition) is 0. The van der Waals surface area contributed by atoms with Crippen molar-refractivity contribution in [1.29, 1.82) is 0 Å². The zero-order chi connectivity index (χ0) is 17.9. The summed E-state index contributed by atoms with van der Waals surface area (Å²) in [5.74, 6) is 1.06. The van der Waals surface area contributed by atoms with Crippen LogP contribution in [0.5, 0.6) is 0 Å². The van der Waals surface area contributed by atoms with E-state index in [1.165, 1.54) is 16.3 Å². The third-order valence-corrected chi connectivity index (χ3v) is 4.98. The molecule has 0 saturated carbocycles. The van der Waals surface area contributed by atoms with E-state index in [4.69, 9.17) is 21.3 Å². The van der Waals surface area contributed by atoms with Crippen LogP contribution in [0.3, 0.4) is 0 Å². The molecule has 0 aliphatic heterocycles. The molecule has 0 radical (unpaired) electrons. The summed E-state index contributed by atoms with van der Waals surface area (Å²) in [4.78, 5) is 4.89. The molecular formula is C22H21ClN2O. The molecular weight excluding hydrogens is 344 g/mol. The number of hydrogen-bond acceptors (Lipinski definition) is 2. The van der Waals surface area contributed by atoms with E-state index in [0.717, 1.165) is 47.9 Å². The van der Waals surface area contributed by atoms with Crippen molar-refractivity contribution in [3.63, 3.8) is 0 Å². The normalized spacial score (nSPS) is 11.5. The molecule has 1 aromatic heterocycles. The Bertz CT molecular complexity index is 1050. The lowest BCUT2D eigenvalue weighted by atomic mass is 10.0. The second-order valence-corrected chi connectivity index (χ2v) is 6.91. The van der Waals surface area contributed by atoms with Crippen LogP contribution in [0.2, 0.25) is 5.02 Å². The minimum absolute atomic E-state index is 0.718. The average molecular weight is 365 g/mol. The number of methoxy groups -OCH3 is 1. The highest BCUT2D eigenvalue weighted by atomic mass is 35.5. The Labute approximate surface area is 158 Å². The summed E-state index contributed by atoms with van der Waals surface area (Å²) in [6, 6.07) is 20.9. The van der Waals surface area contributed by atoms with Crippen LogP contribution in [0.4, 0.5) is 0 Å². The summed E-state index contributed by atoms with van der Waals surface area (Å²) in [7, 11) is 1.74. The third-order valence-electron chi connectivity index (χ3n) is 4.75. The van der Waals surface area contributed by atoms with Crippen molar-refractivity contribution in [1.82, 2.24) is 9.55 Å². The van der Waals surface area contributed by atoms with Gasteiger partial charge in [-0.05, 0) is 41.0 Å². The molecule has 3 aromatic carbocycles. The molecule has 26 heavy (non-hydrogen) atoms. The van der Waals surface area contributed by atoms with E-state index in [-0.39, 0.29) is 0 Å². The van der Waals surface area contributed by atoms with Gasteiger partial charge in [-0.15, -0.1) is 0 Å². The van der Waals surface area contributed by atoms with Crippen LogP contribution in [0.25, 0.3) is 21.8 Å². The van der Waals surface area contributed by atoms with Crippen LogP contribution in [0.1, 0.15) is 17.8 Å². The Kier molecular flexibility index (Phi) is 4.91. The Morgan fingerprint density at radius 3 is 2.77 bits per heavy atom. The summed E-state index contributed by atoms with van der Waals surface area (Å²) >= 11 is 6.18. The van der Waals surface area contributed by atoms with Gasteiger partial charge in [0.05, 0.1) is 11.0 Å². The predicted molar refractivity (Wildman–Crippen MR) is 108 cm³/mol. The maximum atomic E-state index is 6.18. The molecule has 0 amide bonds. The molecule has 1 heterocycles. The lowest BCUT2D eigenvalue weighted by molar-refractivity contribution is 0.190. The van der Waals surface area contributed by atoms with Gasteiger partial charge in [0, 0.05) is 31.7 Å². The van der Waals surface area contributed by atoms with E-state index in [1.54, 1.807) is 7.11 Å². The van der Waals surface area contributed by atoms with Gasteiger partial charge in [-0.25, -0.2) is 4.98 Å². The van der Waals surface area contributed by atoms with Crippen LogP contribution in [-0.4, -0.2) is 23.3 Å². The summed E-state index contributed by atoms with van der Waals surface area (Å²) < 4.78 is 7.53. The van der Waals surface area contributed by atoms with Crippen molar-refractivity contribution < 1.29 is 4.74 Å². The van der Waals surface area contributed by atoms with Gasteiger partial charge in [-0.1, -0.05) is 54.1 Å². The number of benzene rings is 3. The van der Waals surface area contributed by atoms with Crippen LogP contribution < -0.4 is 0 Å². The highest BCUT2D eigenvalue weighted by Gasteiger charge is 2.13. The first-order chi connectivity index (χ1) is 12.8. The van der Waals surface area contributed by atoms with Crippen molar-refractivity contribution in [3.8, 4) is 0 Å². The summed E-state index contributed by atoms with van der Waals surface area (Å²) in [6.45, 7) is 1.62. The third kappa shape index (κ3) is 3.33. The maximum Gasteiger partial charge on any atom is 0.114 e. The fraction of sp³-hybridized carbons (Fsp3) is 0.227. The number of aryl methyl sites for hydroxylation is 1. The molecule has 0 bridgehead atoms. The Hall–Kier alpha value is -2.36. The highest BCUT2D eigenvalue weighted by molar-refractivity contribution is 6.31. The largest absolute Gasteiger partial charge is 0.385 e. The second kappa shape index (κ2) is 7.48. The number of ether oxygens (including phenoxy) is 1.